The number of hydrogen-bond donors (Lipinski definition) is 2. The Morgan fingerprint density at radius 3 is 2.86 bits per heavy atom. The lowest BCUT2D eigenvalue weighted by molar-refractivity contribution is 0.368. The molecule has 0 bridgehead atoms. The van der Waals surface area contributed by atoms with Gasteiger partial charge in [-0.15, -0.1) is 0 Å². The van der Waals surface area contributed by atoms with Crippen LogP contribution in [0, 0.1) is 11.8 Å². The monoisotopic (exact) mass is 284 g/mol. The molecule has 3 rings (SSSR count). The van der Waals surface area contributed by atoms with E-state index in [9.17, 15) is 0 Å². The van der Waals surface area contributed by atoms with Gasteiger partial charge in [0.15, 0.2) is 0 Å². The van der Waals surface area contributed by atoms with Gasteiger partial charge in [0.2, 0.25) is 0 Å². The highest BCUT2D eigenvalue weighted by molar-refractivity contribution is 5.29. The molecule has 0 saturated carbocycles. The summed E-state index contributed by atoms with van der Waals surface area (Å²) < 4.78 is 0. The molecule has 1 aliphatic heterocycles. The molecule has 0 radical (unpaired) electrons. The van der Waals surface area contributed by atoms with Crippen molar-refractivity contribution in [3.8, 4) is 0 Å². The average molecular weight is 284 g/mol. The molecule has 3 aliphatic rings. The Morgan fingerprint density at radius 2 is 2.05 bits per heavy atom. The summed E-state index contributed by atoms with van der Waals surface area (Å²) in [4.78, 5) is 0. The summed E-state index contributed by atoms with van der Waals surface area (Å²) in [5.74, 6) is 1.34. The van der Waals surface area contributed by atoms with E-state index in [1.54, 1.807) is 5.57 Å². The molecule has 0 fully saturated rings. The molecule has 2 nitrogen and oxygen atoms in total. The third-order valence-electron chi connectivity index (χ3n) is 5.08. The Balaban J connectivity index is 1.79. The van der Waals surface area contributed by atoms with Gasteiger partial charge in [0.1, 0.15) is 0 Å². The van der Waals surface area contributed by atoms with Gasteiger partial charge in [-0.1, -0.05) is 31.2 Å². The first-order valence-corrected chi connectivity index (χ1v) is 8.47. The van der Waals surface area contributed by atoms with Crippen LogP contribution in [0.15, 0.2) is 47.3 Å². The maximum Gasteiger partial charge on any atom is 0.0338 e. The molecule has 3 unspecified atom stereocenters. The van der Waals surface area contributed by atoms with Gasteiger partial charge < -0.3 is 10.6 Å². The van der Waals surface area contributed by atoms with E-state index < -0.39 is 0 Å². The minimum absolute atomic E-state index is 0.628. The zero-order chi connectivity index (χ0) is 14.7. The molecular weight excluding hydrogens is 256 g/mol. The van der Waals surface area contributed by atoms with E-state index in [-0.39, 0.29) is 0 Å². The second kappa shape index (κ2) is 6.65. The normalized spacial score (nSPS) is 36.5. The van der Waals surface area contributed by atoms with Gasteiger partial charge in [-0.3, -0.25) is 0 Å². The minimum atomic E-state index is 0.628. The van der Waals surface area contributed by atoms with Crippen molar-refractivity contribution in [3.63, 3.8) is 0 Å². The number of fused-ring (bicyclic) bond motifs is 1. The van der Waals surface area contributed by atoms with Crippen molar-refractivity contribution in [2.75, 3.05) is 6.54 Å². The maximum absolute atomic E-state index is 3.74. The van der Waals surface area contributed by atoms with E-state index in [1.165, 1.54) is 30.7 Å². The zero-order valence-electron chi connectivity index (χ0n) is 13.4. The van der Waals surface area contributed by atoms with E-state index in [2.05, 4.69) is 54.9 Å². The van der Waals surface area contributed by atoms with Gasteiger partial charge >= 0.3 is 0 Å². The fourth-order valence-corrected chi connectivity index (χ4v) is 3.65. The Bertz CT molecular complexity index is 496. The van der Waals surface area contributed by atoms with Gasteiger partial charge in [-0.25, -0.2) is 0 Å². The van der Waals surface area contributed by atoms with Crippen LogP contribution in [0.1, 0.15) is 46.0 Å². The van der Waals surface area contributed by atoms with Crippen LogP contribution in [0.5, 0.6) is 0 Å². The summed E-state index contributed by atoms with van der Waals surface area (Å²) in [6.45, 7) is 5.75. The fraction of sp³-hybridized carbons (Fsp3) is 0.579. The summed E-state index contributed by atoms with van der Waals surface area (Å²) >= 11 is 0. The topological polar surface area (TPSA) is 24.1 Å². The SMILES string of the molecule is C/C1=C(/NC2=CCC(C)C=C2)CCCNC2CC=CCC12. The van der Waals surface area contributed by atoms with Crippen LogP contribution < -0.4 is 10.6 Å². The molecule has 2 N–H and O–H groups in total. The number of allylic oxidation sites excluding steroid dienone is 5. The van der Waals surface area contributed by atoms with Crippen LogP contribution in [0.4, 0.5) is 0 Å². The standard InChI is InChI=1S/C19H28N2/c1-14-9-11-16(12-10-14)21-18-8-5-13-20-19-7-4-3-6-17(19)15(18)2/h3-4,9,11-12,14,17,19-21H,5-8,10,13H2,1-2H3/b18-15-. The van der Waals surface area contributed by atoms with Gasteiger partial charge in [0, 0.05) is 23.4 Å². The summed E-state index contributed by atoms with van der Waals surface area (Å²) in [6.07, 6.45) is 17.5. The Kier molecular flexibility index (Phi) is 4.64. The van der Waals surface area contributed by atoms with Crippen molar-refractivity contribution >= 4 is 0 Å². The highest BCUT2D eigenvalue weighted by Gasteiger charge is 2.26. The third-order valence-corrected chi connectivity index (χ3v) is 5.08. The predicted octanol–water partition coefficient (Wildman–Crippen LogP) is 4.05. The lowest BCUT2D eigenvalue weighted by Gasteiger charge is -2.34. The minimum Gasteiger partial charge on any atom is -0.359 e. The first kappa shape index (κ1) is 14.6. The van der Waals surface area contributed by atoms with Crippen LogP contribution >= 0.6 is 0 Å². The van der Waals surface area contributed by atoms with Gasteiger partial charge in [0.25, 0.3) is 0 Å². The first-order valence-electron chi connectivity index (χ1n) is 8.47. The number of hydrogen-bond acceptors (Lipinski definition) is 2. The van der Waals surface area contributed by atoms with Gasteiger partial charge in [-0.2, -0.15) is 0 Å². The Morgan fingerprint density at radius 1 is 1.19 bits per heavy atom. The van der Waals surface area contributed by atoms with Crippen molar-refractivity contribution in [2.24, 2.45) is 11.8 Å². The molecule has 0 aromatic carbocycles. The van der Waals surface area contributed by atoms with Gasteiger partial charge in [-0.05, 0) is 63.1 Å². The van der Waals surface area contributed by atoms with Crippen molar-refractivity contribution < 1.29 is 0 Å². The van der Waals surface area contributed by atoms with Gasteiger partial charge in [0.05, 0.1) is 0 Å². The molecule has 0 amide bonds. The fourth-order valence-electron chi connectivity index (χ4n) is 3.65. The molecule has 2 aliphatic carbocycles. The van der Waals surface area contributed by atoms with Crippen molar-refractivity contribution in [1.29, 1.82) is 0 Å². The zero-order valence-corrected chi connectivity index (χ0v) is 13.4. The summed E-state index contributed by atoms with van der Waals surface area (Å²) in [7, 11) is 0. The van der Waals surface area contributed by atoms with Crippen molar-refractivity contribution in [1.82, 2.24) is 10.6 Å². The molecule has 0 aromatic rings. The summed E-state index contributed by atoms with van der Waals surface area (Å²) in [5.41, 5.74) is 4.32. The van der Waals surface area contributed by atoms with Crippen molar-refractivity contribution in [3.05, 3.63) is 47.3 Å². The van der Waals surface area contributed by atoms with E-state index in [4.69, 9.17) is 0 Å². The Labute approximate surface area is 129 Å². The second-order valence-corrected chi connectivity index (χ2v) is 6.73. The predicted molar refractivity (Wildman–Crippen MR) is 89.7 cm³/mol. The lowest BCUT2D eigenvalue weighted by Crippen LogP contribution is -2.40. The van der Waals surface area contributed by atoms with Crippen LogP contribution in [-0.2, 0) is 0 Å². The quantitative estimate of drug-likeness (QED) is 0.748. The largest absolute Gasteiger partial charge is 0.359 e. The molecular formula is C19H28N2. The highest BCUT2D eigenvalue weighted by Crippen LogP contribution is 2.31. The summed E-state index contributed by atoms with van der Waals surface area (Å²) in [5, 5.41) is 7.47. The van der Waals surface area contributed by atoms with E-state index in [0.29, 0.717) is 17.9 Å². The smallest absolute Gasteiger partial charge is 0.0338 e. The molecule has 0 aromatic heterocycles. The van der Waals surface area contributed by atoms with Crippen LogP contribution in [-0.4, -0.2) is 12.6 Å². The second-order valence-electron chi connectivity index (χ2n) is 6.73. The molecule has 114 valence electrons. The summed E-state index contributed by atoms with van der Waals surface area (Å²) in [6, 6.07) is 0.628. The lowest BCUT2D eigenvalue weighted by atomic mass is 9.81. The van der Waals surface area contributed by atoms with E-state index in [1.807, 2.05) is 0 Å². The van der Waals surface area contributed by atoms with Crippen molar-refractivity contribution in [2.45, 2.75) is 52.0 Å². The van der Waals surface area contributed by atoms with Crippen LogP contribution in [0.25, 0.3) is 0 Å². The molecule has 0 saturated heterocycles. The number of nitrogens with one attached hydrogen (secondary N) is 2. The van der Waals surface area contributed by atoms with E-state index in [0.717, 1.165) is 19.4 Å². The molecule has 3 atom stereocenters. The molecule has 21 heavy (non-hydrogen) atoms. The third kappa shape index (κ3) is 3.49. The molecule has 0 spiro atoms. The molecule has 2 heteroatoms. The molecule has 1 heterocycles. The van der Waals surface area contributed by atoms with Crippen LogP contribution in [0.3, 0.4) is 0 Å². The van der Waals surface area contributed by atoms with E-state index >= 15 is 0 Å². The van der Waals surface area contributed by atoms with Crippen LogP contribution in [0.2, 0.25) is 0 Å². The first-order chi connectivity index (χ1) is 10.2. The Hall–Kier alpha value is -1.28. The highest BCUT2D eigenvalue weighted by atomic mass is 14.9. The number of rotatable bonds is 2. The average Bonchev–Trinajstić information content (AvgIpc) is 2.50. The maximum atomic E-state index is 3.74.